The predicted molar refractivity (Wildman–Crippen MR) is 53.5 cm³/mol. The summed E-state index contributed by atoms with van der Waals surface area (Å²) >= 11 is 0. The summed E-state index contributed by atoms with van der Waals surface area (Å²) in [5.74, 6) is 1.44. The number of rotatable bonds is 3. The summed E-state index contributed by atoms with van der Waals surface area (Å²) in [5, 5.41) is 6.90. The Morgan fingerprint density at radius 3 is 2.93 bits per heavy atom. The summed E-state index contributed by atoms with van der Waals surface area (Å²) in [6.07, 6.45) is 3.46. The van der Waals surface area contributed by atoms with Crippen molar-refractivity contribution in [1.82, 2.24) is 15.5 Å². The van der Waals surface area contributed by atoms with E-state index in [1.165, 1.54) is 24.0 Å². The Kier molecular flexibility index (Phi) is 2.63. The summed E-state index contributed by atoms with van der Waals surface area (Å²) in [5.41, 5.74) is 2.64. The largest absolute Gasteiger partial charge is 0.334 e. The van der Waals surface area contributed by atoms with E-state index >= 15 is 0 Å². The highest BCUT2D eigenvalue weighted by molar-refractivity contribution is 5.63. The van der Waals surface area contributed by atoms with Gasteiger partial charge in [0.25, 0.3) is 5.89 Å². The fourth-order valence-electron chi connectivity index (χ4n) is 1.79. The van der Waals surface area contributed by atoms with Gasteiger partial charge in [0.15, 0.2) is 5.82 Å². The van der Waals surface area contributed by atoms with Crippen molar-refractivity contribution in [2.45, 2.75) is 32.7 Å². The fraction of sp³-hybridized carbons (Fsp3) is 0.600. The zero-order chi connectivity index (χ0) is 9.97. The second kappa shape index (κ2) is 3.92. The molecule has 1 aromatic heterocycles. The summed E-state index contributed by atoms with van der Waals surface area (Å²) in [6, 6.07) is 0. The van der Waals surface area contributed by atoms with Crippen LogP contribution in [-0.2, 0) is 6.54 Å². The molecular weight excluding hydrogens is 178 g/mol. The van der Waals surface area contributed by atoms with Gasteiger partial charge in [-0.2, -0.15) is 4.98 Å². The van der Waals surface area contributed by atoms with Gasteiger partial charge in [-0.05, 0) is 33.2 Å². The van der Waals surface area contributed by atoms with Crippen LogP contribution in [0.3, 0.4) is 0 Å². The molecule has 0 bridgehead atoms. The predicted octanol–water partition coefficient (Wildman–Crippen LogP) is 1.75. The lowest BCUT2D eigenvalue weighted by atomic mass is 10.2. The third kappa shape index (κ3) is 1.70. The molecule has 1 heterocycles. The van der Waals surface area contributed by atoms with Crippen molar-refractivity contribution >= 4 is 5.57 Å². The Morgan fingerprint density at radius 2 is 2.29 bits per heavy atom. The van der Waals surface area contributed by atoms with E-state index in [1.807, 2.05) is 7.05 Å². The molecule has 0 saturated carbocycles. The molecule has 1 aliphatic rings. The summed E-state index contributed by atoms with van der Waals surface area (Å²) in [7, 11) is 1.87. The third-order valence-electron chi connectivity index (χ3n) is 2.55. The lowest BCUT2D eigenvalue weighted by molar-refractivity contribution is 0.398. The maximum absolute atomic E-state index is 5.21. The first-order valence-electron chi connectivity index (χ1n) is 4.97. The number of aromatic nitrogens is 2. The zero-order valence-corrected chi connectivity index (χ0v) is 8.63. The lowest BCUT2D eigenvalue weighted by Gasteiger charge is -1.94. The van der Waals surface area contributed by atoms with Crippen LogP contribution in [0.5, 0.6) is 0 Å². The van der Waals surface area contributed by atoms with Crippen molar-refractivity contribution in [3.63, 3.8) is 0 Å². The van der Waals surface area contributed by atoms with Crippen LogP contribution >= 0.6 is 0 Å². The molecular formula is C10H15N3O. The topological polar surface area (TPSA) is 51.0 Å². The Hall–Kier alpha value is -1.16. The van der Waals surface area contributed by atoms with Gasteiger partial charge in [0, 0.05) is 5.57 Å². The molecule has 0 aromatic carbocycles. The summed E-state index contributed by atoms with van der Waals surface area (Å²) in [4.78, 5) is 4.33. The lowest BCUT2D eigenvalue weighted by Crippen LogP contribution is -2.06. The molecule has 2 rings (SSSR count). The van der Waals surface area contributed by atoms with E-state index in [2.05, 4.69) is 22.4 Å². The zero-order valence-electron chi connectivity index (χ0n) is 8.63. The van der Waals surface area contributed by atoms with Crippen LogP contribution in [0, 0.1) is 0 Å². The van der Waals surface area contributed by atoms with Gasteiger partial charge in [-0.3, -0.25) is 0 Å². The van der Waals surface area contributed by atoms with Crippen molar-refractivity contribution in [1.29, 1.82) is 0 Å². The molecule has 4 heteroatoms. The van der Waals surface area contributed by atoms with Gasteiger partial charge < -0.3 is 9.84 Å². The van der Waals surface area contributed by atoms with E-state index in [1.54, 1.807) is 0 Å². The average Bonchev–Trinajstić information content (AvgIpc) is 2.74. The number of nitrogens with one attached hydrogen (secondary N) is 1. The molecule has 0 aliphatic heterocycles. The van der Waals surface area contributed by atoms with Gasteiger partial charge >= 0.3 is 0 Å². The number of nitrogens with zero attached hydrogens (tertiary/aromatic N) is 2. The van der Waals surface area contributed by atoms with Gasteiger partial charge in [0.2, 0.25) is 0 Å². The number of allylic oxidation sites excluding steroid dienone is 2. The molecule has 0 atom stereocenters. The molecule has 1 N–H and O–H groups in total. The van der Waals surface area contributed by atoms with Crippen molar-refractivity contribution < 1.29 is 4.52 Å². The molecule has 1 aliphatic carbocycles. The van der Waals surface area contributed by atoms with Crippen LogP contribution in [0.25, 0.3) is 5.57 Å². The van der Waals surface area contributed by atoms with Crippen molar-refractivity contribution in [3.8, 4) is 0 Å². The minimum Gasteiger partial charge on any atom is -0.334 e. The van der Waals surface area contributed by atoms with E-state index in [4.69, 9.17) is 4.52 Å². The van der Waals surface area contributed by atoms with Gasteiger partial charge in [-0.1, -0.05) is 10.7 Å². The standard InChI is InChI=1S/C10H15N3O/c1-7-4-3-5-8(7)10-12-9(6-11-2)13-14-10/h11H,3-6H2,1-2H3. The molecule has 0 radical (unpaired) electrons. The van der Waals surface area contributed by atoms with Crippen LogP contribution < -0.4 is 5.32 Å². The van der Waals surface area contributed by atoms with E-state index in [0.29, 0.717) is 12.4 Å². The molecule has 0 spiro atoms. The Bertz CT molecular complexity index is 354. The van der Waals surface area contributed by atoms with Gasteiger partial charge in [-0.15, -0.1) is 0 Å². The quantitative estimate of drug-likeness (QED) is 0.794. The second-order valence-corrected chi connectivity index (χ2v) is 3.66. The first-order chi connectivity index (χ1) is 6.81. The normalized spacial score (nSPS) is 16.7. The van der Waals surface area contributed by atoms with Crippen LogP contribution in [-0.4, -0.2) is 17.2 Å². The fourth-order valence-corrected chi connectivity index (χ4v) is 1.79. The highest BCUT2D eigenvalue weighted by atomic mass is 16.5. The van der Waals surface area contributed by atoms with Crippen molar-refractivity contribution in [2.24, 2.45) is 0 Å². The second-order valence-electron chi connectivity index (χ2n) is 3.66. The number of hydrogen-bond acceptors (Lipinski definition) is 4. The molecule has 0 amide bonds. The van der Waals surface area contributed by atoms with Crippen LogP contribution in [0.2, 0.25) is 0 Å². The molecule has 4 nitrogen and oxygen atoms in total. The highest BCUT2D eigenvalue weighted by Crippen LogP contribution is 2.32. The highest BCUT2D eigenvalue weighted by Gasteiger charge is 2.18. The van der Waals surface area contributed by atoms with E-state index in [-0.39, 0.29) is 0 Å². The first-order valence-corrected chi connectivity index (χ1v) is 4.97. The van der Waals surface area contributed by atoms with Gasteiger partial charge in [-0.25, -0.2) is 0 Å². The minimum absolute atomic E-state index is 0.663. The van der Waals surface area contributed by atoms with E-state index < -0.39 is 0 Å². The maximum Gasteiger partial charge on any atom is 0.253 e. The van der Waals surface area contributed by atoms with Crippen molar-refractivity contribution in [3.05, 3.63) is 17.3 Å². The summed E-state index contributed by atoms with van der Waals surface area (Å²) < 4.78 is 5.21. The Labute approximate surface area is 83.4 Å². The van der Waals surface area contributed by atoms with Crippen molar-refractivity contribution in [2.75, 3.05) is 7.05 Å². The molecule has 0 fully saturated rings. The molecule has 1 aromatic rings. The molecule has 0 saturated heterocycles. The summed E-state index contributed by atoms with van der Waals surface area (Å²) in [6.45, 7) is 2.81. The minimum atomic E-state index is 0.663. The van der Waals surface area contributed by atoms with E-state index in [0.717, 1.165) is 12.2 Å². The van der Waals surface area contributed by atoms with Gasteiger partial charge in [0.05, 0.1) is 6.54 Å². The smallest absolute Gasteiger partial charge is 0.253 e. The van der Waals surface area contributed by atoms with E-state index in [9.17, 15) is 0 Å². The SMILES string of the molecule is CNCc1noc(C2=C(C)CCC2)n1. The molecule has 14 heavy (non-hydrogen) atoms. The molecule has 0 unspecified atom stereocenters. The third-order valence-corrected chi connectivity index (χ3v) is 2.55. The average molecular weight is 193 g/mol. The Morgan fingerprint density at radius 1 is 1.43 bits per heavy atom. The molecule has 76 valence electrons. The van der Waals surface area contributed by atoms with Crippen LogP contribution in [0.4, 0.5) is 0 Å². The number of hydrogen-bond donors (Lipinski definition) is 1. The Balaban J connectivity index is 2.20. The monoisotopic (exact) mass is 193 g/mol. The van der Waals surface area contributed by atoms with Gasteiger partial charge in [0.1, 0.15) is 0 Å². The first kappa shape index (κ1) is 9.40. The maximum atomic E-state index is 5.21. The van der Waals surface area contributed by atoms with Crippen LogP contribution in [0.15, 0.2) is 10.1 Å². The van der Waals surface area contributed by atoms with Crippen LogP contribution in [0.1, 0.15) is 37.9 Å².